The van der Waals surface area contributed by atoms with E-state index in [1.165, 1.54) is 16.8 Å². The molecular weight excluding hydrogens is 550 g/mol. The number of halogens is 1. The van der Waals surface area contributed by atoms with Crippen molar-refractivity contribution in [2.24, 2.45) is 17.6 Å². The molecule has 1 aromatic carbocycles. The highest BCUT2D eigenvalue weighted by Gasteiger charge is 2.30. The maximum atomic E-state index is 13.1. The summed E-state index contributed by atoms with van der Waals surface area (Å²) in [5, 5.41) is 7.60. The number of nitrogens with two attached hydrogens (primary N) is 1. The molecule has 10 nitrogen and oxygen atoms in total. The molecule has 1 aromatic heterocycles. The standard InChI is InChI=1S/C24H30BrN5O5S/c25-18-8-10-19(11-9-18)36(34,35)15-14-28-23(32)29-13-1-2-20(30(29)24(28)33)21(31)12-5-16-3-6-17(7-4-16)22(26)27/h1-2,8-11,16-17,20H,3-7,12-15H2,(H3,26,27). The number of hydrogen-bond acceptors (Lipinski definition) is 6. The van der Waals surface area contributed by atoms with Crippen LogP contribution >= 0.6 is 15.9 Å². The molecule has 2 aromatic rings. The average molecular weight is 581 g/mol. The number of sulfone groups is 1. The molecule has 1 fully saturated rings. The number of allylic oxidation sites excluding steroid dienone is 2. The SMILES string of the molecule is N=C(N)C1CCC(CCC(=O)C2C=CCn3c(=O)n(CCS(=O)(=O)c4ccc(Br)cc4)c(=O)n32)CC1. The van der Waals surface area contributed by atoms with Crippen LogP contribution in [0.3, 0.4) is 0 Å². The van der Waals surface area contributed by atoms with E-state index in [-0.39, 0.29) is 41.9 Å². The Kier molecular flexibility index (Phi) is 7.84. The number of hydrogen-bond donors (Lipinski definition) is 2. The van der Waals surface area contributed by atoms with Gasteiger partial charge in [-0.2, -0.15) is 0 Å². The van der Waals surface area contributed by atoms with Gasteiger partial charge in [-0.3, -0.25) is 10.2 Å². The molecule has 36 heavy (non-hydrogen) atoms. The van der Waals surface area contributed by atoms with E-state index in [1.807, 2.05) is 0 Å². The predicted octanol–water partition coefficient (Wildman–Crippen LogP) is 2.25. The Labute approximate surface area is 217 Å². The molecule has 0 saturated heterocycles. The van der Waals surface area contributed by atoms with E-state index in [4.69, 9.17) is 11.1 Å². The Morgan fingerprint density at radius 1 is 1.08 bits per heavy atom. The Balaban J connectivity index is 1.45. The van der Waals surface area contributed by atoms with Crippen LogP contribution in [0.5, 0.6) is 0 Å². The Morgan fingerprint density at radius 3 is 2.39 bits per heavy atom. The van der Waals surface area contributed by atoms with Gasteiger partial charge in [0.15, 0.2) is 15.6 Å². The molecule has 1 saturated carbocycles. The van der Waals surface area contributed by atoms with Crippen LogP contribution in [0.4, 0.5) is 0 Å². The lowest BCUT2D eigenvalue weighted by atomic mass is 9.79. The van der Waals surface area contributed by atoms with E-state index in [1.54, 1.807) is 24.3 Å². The molecule has 0 bridgehead atoms. The second kappa shape index (κ2) is 10.7. The van der Waals surface area contributed by atoms with Gasteiger partial charge >= 0.3 is 11.4 Å². The number of Topliss-reactive ketones (excluding diaryl/α,β-unsaturated/α-hetero) is 1. The smallest absolute Gasteiger partial charge is 0.348 e. The van der Waals surface area contributed by atoms with Crippen LogP contribution in [-0.2, 0) is 27.7 Å². The first-order chi connectivity index (χ1) is 17.1. The summed E-state index contributed by atoms with van der Waals surface area (Å²) < 4.78 is 29.4. The zero-order chi connectivity index (χ0) is 26.0. The van der Waals surface area contributed by atoms with Crippen LogP contribution in [0.25, 0.3) is 0 Å². The summed E-state index contributed by atoms with van der Waals surface area (Å²) in [7, 11) is -3.71. The average Bonchev–Trinajstić information content (AvgIpc) is 3.11. The molecule has 0 amide bonds. The molecule has 3 N–H and O–H groups in total. The molecule has 1 unspecified atom stereocenters. The van der Waals surface area contributed by atoms with Crippen LogP contribution in [0, 0.1) is 17.2 Å². The van der Waals surface area contributed by atoms with Crippen molar-refractivity contribution < 1.29 is 13.2 Å². The third-order valence-electron chi connectivity index (χ3n) is 7.17. The summed E-state index contributed by atoms with van der Waals surface area (Å²) in [6, 6.07) is 5.26. The van der Waals surface area contributed by atoms with Crippen LogP contribution in [-0.4, -0.2) is 39.7 Å². The monoisotopic (exact) mass is 579 g/mol. The third kappa shape index (κ3) is 5.49. The normalized spacial score (nSPS) is 21.8. The molecule has 12 heteroatoms. The first-order valence-electron chi connectivity index (χ1n) is 12.0. The van der Waals surface area contributed by atoms with Gasteiger partial charge in [0.05, 0.1) is 23.0 Å². The second-order valence-electron chi connectivity index (χ2n) is 9.47. The van der Waals surface area contributed by atoms with Crippen molar-refractivity contribution >= 4 is 37.4 Å². The number of nitrogens with one attached hydrogen (secondary N) is 1. The number of rotatable bonds is 9. The fraction of sp³-hybridized carbons (Fsp3) is 0.500. The lowest BCUT2D eigenvalue weighted by molar-refractivity contribution is -0.122. The summed E-state index contributed by atoms with van der Waals surface area (Å²) in [5.41, 5.74) is 4.30. The molecule has 194 valence electrons. The van der Waals surface area contributed by atoms with E-state index in [2.05, 4.69) is 15.9 Å². The van der Waals surface area contributed by atoms with Crippen molar-refractivity contribution in [3.05, 3.63) is 61.9 Å². The Hall–Kier alpha value is -2.73. The number of aromatic nitrogens is 3. The van der Waals surface area contributed by atoms with Crippen LogP contribution in [0.15, 0.2) is 55.4 Å². The van der Waals surface area contributed by atoms with Crippen molar-refractivity contribution in [3.8, 4) is 0 Å². The largest absolute Gasteiger partial charge is 0.387 e. The van der Waals surface area contributed by atoms with E-state index in [0.717, 1.165) is 39.4 Å². The molecule has 0 spiro atoms. The first-order valence-corrected chi connectivity index (χ1v) is 14.5. The van der Waals surface area contributed by atoms with Crippen molar-refractivity contribution in [1.29, 1.82) is 5.41 Å². The maximum absolute atomic E-state index is 13.1. The van der Waals surface area contributed by atoms with Gasteiger partial charge in [-0.25, -0.2) is 31.9 Å². The highest BCUT2D eigenvalue weighted by Crippen LogP contribution is 2.32. The summed E-state index contributed by atoms with van der Waals surface area (Å²) in [6.07, 6.45) is 7.79. The highest BCUT2D eigenvalue weighted by atomic mass is 79.9. The third-order valence-corrected chi connectivity index (χ3v) is 9.41. The van der Waals surface area contributed by atoms with Gasteiger partial charge < -0.3 is 5.73 Å². The zero-order valence-corrected chi connectivity index (χ0v) is 22.2. The van der Waals surface area contributed by atoms with Gasteiger partial charge in [-0.15, -0.1) is 0 Å². The summed E-state index contributed by atoms with van der Waals surface area (Å²) in [6.45, 7) is -0.164. The number of carbonyl (C=O) groups is 1. The zero-order valence-electron chi connectivity index (χ0n) is 19.8. The lowest BCUT2D eigenvalue weighted by Gasteiger charge is -2.28. The van der Waals surface area contributed by atoms with Gasteiger partial charge in [0.2, 0.25) is 0 Å². The van der Waals surface area contributed by atoms with Gasteiger partial charge in [-0.1, -0.05) is 28.1 Å². The molecular formula is C24H30BrN5O5S. The Bertz CT molecular complexity index is 1400. The highest BCUT2D eigenvalue weighted by molar-refractivity contribution is 9.10. The minimum atomic E-state index is -3.71. The number of carbonyl (C=O) groups excluding carboxylic acids is 1. The van der Waals surface area contributed by atoms with Gasteiger partial charge in [0.1, 0.15) is 6.04 Å². The first kappa shape index (κ1) is 26.3. The fourth-order valence-corrected chi connectivity index (χ4v) is 6.48. The number of benzene rings is 1. The molecule has 2 aliphatic rings. The van der Waals surface area contributed by atoms with Crippen LogP contribution < -0.4 is 17.1 Å². The fourth-order valence-electron chi connectivity index (χ4n) is 5.01. The molecule has 1 atom stereocenters. The molecule has 2 heterocycles. The quantitative estimate of drug-likeness (QED) is 0.264. The molecule has 1 aliphatic carbocycles. The molecule has 1 aliphatic heterocycles. The minimum Gasteiger partial charge on any atom is -0.387 e. The second-order valence-corrected chi connectivity index (χ2v) is 12.5. The summed E-state index contributed by atoms with van der Waals surface area (Å²) >= 11 is 3.26. The predicted molar refractivity (Wildman–Crippen MR) is 139 cm³/mol. The van der Waals surface area contributed by atoms with Crippen molar-refractivity contribution in [3.63, 3.8) is 0 Å². The van der Waals surface area contributed by atoms with E-state index in [9.17, 15) is 22.8 Å². The molecule has 4 rings (SSSR count). The minimum absolute atomic E-state index is 0.106. The Morgan fingerprint density at radius 2 is 1.75 bits per heavy atom. The van der Waals surface area contributed by atoms with Crippen molar-refractivity contribution in [2.45, 2.75) is 62.6 Å². The van der Waals surface area contributed by atoms with E-state index in [0.29, 0.717) is 12.3 Å². The summed E-state index contributed by atoms with van der Waals surface area (Å²) in [5.74, 6) is 0.143. The van der Waals surface area contributed by atoms with Gasteiger partial charge in [0.25, 0.3) is 0 Å². The van der Waals surface area contributed by atoms with Crippen LogP contribution in [0.1, 0.15) is 44.6 Å². The lowest BCUT2D eigenvalue weighted by Crippen LogP contribution is -2.36. The summed E-state index contributed by atoms with van der Waals surface area (Å²) in [4.78, 5) is 39.3. The molecule has 0 radical (unpaired) electrons. The number of nitrogens with zero attached hydrogens (tertiary/aromatic N) is 3. The number of amidine groups is 1. The maximum Gasteiger partial charge on any atom is 0.348 e. The van der Waals surface area contributed by atoms with Crippen LogP contribution in [0.2, 0.25) is 0 Å². The van der Waals surface area contributed by atoms with Gasteiger partial charge in [0, 0.05) is 23.4 Å². The van der Waals surface area contributed by atoms with Crippen molar-refractivity contribution in [1.82, 2.24) is 13.9 Å². The number of fused-ring (bicyclic) bond motifs is 1. The number of ketones is 1. The van der Waals surface area contributed by atoms with E-state index >= 15 is 0 Å². The van der Waals surface area contributed by atoms with Gasteiger partial charge in [-0.05, 0) is 62.3 Å². The van der Waals surface area contributed by atoms with Crippen molar-refractivity contribution in [2.75, 3.05) is 5.75 Å². The topological polar surface area (TPSA) is 150 Å². The van der Waals surface area contributed by atoms with E-state index < -0.39 is 33.0 Å².